The first-order chi connectivity index (χ1) is 7.40. The molecule has 1 heterocycles. The van der Waals surface area contributed by atoms with Gasteiger partial charge in [-0.25, -0.2) is 4.79 Å². The molecule has 3 heteroatoms. The third kappa shape index (κ3) is 4.33. The molecule has 1 rings (SSSR count). The van der Waals surface area contributed by atoms with Crippen LogP contribution >= 0.6 is 11.3 Å². The van der Waals surface area contributed by atoms with Gasteiger partial charge < -0.3 is 4.74 Å². The van der Waals surface area contributed by atoms with E-state index in [0.29, 0.717) is 0 Å². The Balaban J connectivity index is 2.61. The summed E-state index contributed by atoms with van der Waals surface area (Å²) in [6.07, 6.45) is 8.37. The predicted octanol–water partition coefficient (Wildman–Crippen LogP) is 3.08. The minimum atomic E-state index is -0.457. The van der Waals surface area contributed by atoms with Gasteiger partial charge in [0.05, 0.1) is 4.88 Å². The Morgan fingerprint density at radius 2 is 2.19 bits per heavy atom. The molecule has 0 saturated heterocycles. The Bertz CT molecular complexity index is 441. The summed E-state index contributed by atoms with van der Waals surface area (Å²) in [6, 6.07) is 3.72. The smallest absolute Gasteiger partial charge is 0.331 e. The number of hydrogen-bond donors (Lipinski definition) is 0. The summed E-state index contributed by atoms with van der Waals surface area (Å²) in [7, 11) is 0. The van der Waals surface area contributed by atoms with Crippen molar-refractivity contribution in [2.45, 2.75) is 26.4 Å². The van der Waals surface area contributed by atoms with Crippen molar-refractivity contribution in [2.75, 3.05) is 0 Å². The summed E-state index contributed by atoms with van der Waals surface area (Å²) in [5.41, 5.74) is -0.457. The fraction of sp³-hybridized carbons (Fsp3) is 0.308. The van der Waals surface area contributed by atoms with Gasteiger partial charge in [-0.15, -0.1) is 17.8 Å². The van der Waals surface area contributed by atoms with E-state index < -0.39 is 5.60 Å². The number of terminal acetylenes is 1. The van der Waals surface area contributed by atoms with Gasteiger partial charge in [-0.2, -0.15) is 0 Å². The average Bonchev–Trinajstić information content (AvgIpc) is 2.59. The fourth-order valence-electron chi connectivity index (χ4n) is 1.01. The van der Waals surface area contributed by atoms with Crippen LogP contribution in [0.4, 0.5) is 0 Å². The van der Waals surface area contributed by atoms with Gasteiger partial charge in [-0.1, -0.05) is 5.92 Å². The van der Waals surface area contributed by atoms with Crippen LogP contribution in [0.3, 0.4) is 0 Å². The van der Waals surface area contributed by atoms with Crippen LogP contribution in [0.5, 0.6) is 0 Å². The molecular formula is C13H14O2S. The van der Waals surface area contributed by atoms with E-state index in [1.54, 1.807) is 6.08 Å². The average molecular weight is 234 g/mol. The fourth-order valence-corrected chi connectivity index (χ4v) is 1.73. The van der Waals surface area contributed by atoms with Gasteiger partial charge in [0.1, 0.15) is 5.60 Å². The third-order valence-corrected chi connectivity index (χ3v) is 2.54. The molecule has 0 amide bonds. The van der Waals surface area contributed by atoms with Gasteiger partial charge in [-0.05, 0) is 39.0 Å². The molecule has 0 bridgehead atoms. The zero-order chi connectivity index (χ0) is 12.2. The maximum atomic E-state index is 11.4. The van der Waals surface area contributed by atoms with E-state index >= 15 is 0 Å². The van der Waals surface area contributed by atoms with Gasteiger partial charge >= 0.3 is 5.97 Å². The van der Waals surface area contributed by atoms with Gasteiger partial charge in [0.25, 0.3) is 0 Å². The van der Waals surface area contributed by atoms with E-state index in [1.807, 2.05) is 32.9 Å². The molecule has 0 atom stereocenters. The number of carbonyl (C=O) groups excluding carboxylic acids is 1. The molecule has 1 aromatic rings. The molecule has 0 saturated carbocycles. The zero-order valence-corrected chi connectivity index (χ0v) is 10.4. The number of hydrogen-bond acceptors (Lipinski definition) is 3. The lowest BCUT2D eigenvalue weighted by atomic mass is 10.2. The highest BCUT2D eigenvalue weighted by Crippen LogP contribution is 2.17. The van der Waals surface area contributed by atoms with Crippen LogP contribution in [0.1, 0.15) is 30.5 Å². The Morgan fingerprint density at radius 1 is 1.50 bits per heavy atom. The second-order valence-corrected chi connectivity index (χ2v) is 5.33. The number of thiophene rings is 1. The van der Waals surface area contributed by atoms with E-state index in [2.05, 4.69) is 5.92 Å². The molecule has 0 unspecified atom stereocenters. The molecule has 0 N–H and O–H groups in total. The van der Waals surface area contributed by atoms with Crippen LogP contribution in [-0.4, -0.2) is 11.6 Å². The second kappa shape index (κ2) is 5.00. The lowest BCUT2D eigenvalue weighted by Crippen LogP contribution is -2.22. The first kappa shape index (κ1) is 12.5. The highest BCUT2D eigenvalue weighted by Gasteiger charge is 2.13. The van der Waals surface area contributed by atoms with Crippen molar-refractivity contribution in [1.82, 2.24) is 0 Å². The van der Waals surface area contributed by atoms with Crippen molar-refractivity contribution in [3.05, 3.63) is 28.0 Å². The molecule has 84 valence electrons. The lowest BCUT2D eigenvalue weighted by molar-refractivity contribution is -0.148. The van der Waals surface area contributed by atoms with Crippen LogP contribution in [0.2, 0.25) is 0 Å². The SMILES string of the molecule is C#Cc1ccc(C=CC(=O)OC(C)(C)C)s1. The summed E-state index contributed by atoms with van der Waals surface area (Å²) in [4.78, 5) is 13.2. The van der Waals surface area contributed by atoms with Crippen LogP contribution in [-0.2, 0) is 9.53 Å². The standard InChI is InChI=1S/C13H14O2S/c1-5-10-6-7-11(16-10)8-9-12(14)15-13(2,3)4/h1,6-9H,2-4H3. The predicted molar refractivity (Wildman–Crippen MR) is 67.1 cm³/mol. The third-order valence-electron chi connectivity index (χ3n) is 1.56. The van der Waals surface area contributed by atoms with Crippen LogP contribution in [0.25, 0.3) is 6.08 Å². The summed E-state index contributed by atoms with van der Waals surface area (Å²) in [5.74, 6) is 2.20. The molecule has 0 radical (unpaired) electrons. The van der Waals surface area contributed by atoms with Gasteiger partial charge in [0.2, 0.25) is 0 Å². The summed E-state index contributed by atoms with van der Waals surface area (Å²) in [6.45, 7) is 5.50. The number of esters is 1. The first-order valence-corrected chi connectivity index (χ1v) is 5.70. The monoisotopic (exact) mass is 234 g/mol. The zero-order valence-electron chi connectivity index (χ0n) is 9.61. The minimum absolute atomic E-state index is 0.344. The van der Waals surface area contributed by atoms with Crippen LogP contribution in [0.15, 0.2) is 18.2 Å². The number of ether oxygens (including phenoxy) is 1. The van der Waals surface area contributed by atoms with E-state index in [4.69, 9.17) is 11.2 Å². The van der Waals surface area contributed by atoms with Crippen molar-refractivity contribution >= 4 is 23.4 Å². The molecule has 0 spiro atoms. The maximum absolute atomic E-state index is 11.4. The molecule has 0 aliphatic heterocycles. The number of carbonyl (C=O) groups is 1. The van der Waals surface area contributed by atoms with E-state index in [-0.39, 0.29) is 5.97 Å². The van der Waals surface area contributed by atoms with Crippen molar-refractivity contribution in [3.8, 4) is 12.3 Å². The van der Waals surface area contributed by atoms with E-state index in [0.717, 1.165) is 9.75 Å². The van der Waals surface area contributed by atoms with E-state index in [9.17, 15) is 4.79 Å². The normalized spacial score (nSPS) is 11.4. The molecule has 0 aliphatic carbocycles. The second-order valence-electron chi connectivity index (χ2n) is 4.21. The highest BCUT2D eigenvalue weighted by atomic mass is 32.1. The van der Waals surface area contributed by atoms with Crippen LogP contribution in [0, 0.1) is 12.3 Å². The summed E-state index contributed by atoms with van der Waals surface area (Å²) < 4.78 is 5.13. The van der Waals surface area contributed by atoms with E-state index in [1.165, 1.54) is 17.4 Å². The molecule has 0 fully saturated rings. The van der Waals surface area contributed by atoms with Crippen molar-refractivity contribution in [3.63, 3.8) is 0 Å². The summed E-state index contributed by atoms with van der Waals surface area (Å²) in [5, 5.41) is 0. The topological polar surface area (TPSA) is 26.3 Å². The van der Waals surface area contributed by atoms with Gasteiger partial charge in [0.15, 0.2) is 0 Å². The Morgan fingerprint density at radius 3 is 2.69 bits per heavy atom. The molecule has 16 heavy (non-hydrogen) atoms. The molecule has 1 aromatic heterocycles. The molecule has 0 aromatic carbocycles. The lowest BCUT2D eigenvalue weighted by Gasteiger charge is -2.17. The molecule has 2 nitrogen and oxygen atoms in total. The van der Waals surface area contributed by atoms with Gasteiger partial charge in [0, 0.05) is 11.0 Å². The van der Waals surface area contributed by atoms with Crippen LogP contribution < -0.4 is 0 Å². The number of rotatable bonds is 2. The largest absolute Gasteiger partial charge is 0.457 e. The van der Waals surface area contributed by atoms with Crippen molar-refractivity contribution < 1.29 is 9.53 Å². The van der Waals surface area contributed by atoms with Crippen molar-refractivity contribution in [2.24, 2.45) is 0 Å². The quantitative estimate of drug-likeness (QED) is 0.446. The molecule has 0 aliphatic rings. The Kier molecular flexibility index (Phi) is 3.92. The first-order valence-electron chi connectivity index (χ1n) is 4.88. The Hall–Kier alpha value is -1.53. The minimum Gasteiger partial charge on any atom is -0.457 e. The van der Waals surface area contributed by atoms with Gasteiger partial charge in [-0.3, -0.25) is 0 Å². The molecular weight excluding hydrogens is 220 g/mol. The highest BCUT2D eigenvalue weighted by molar-refractivity contribution is 7.13. The Labute approximate surface area is 99.9 Å². The maximum Gasteiger partial charge on any atom is 0.331 e. The summed E-state index contributed by atoms with van der Waals surface area (Å²) >= 11 is 1.46. The van der Waals surface area contributed by atoms with Crippen molar-refractivity contribution in [1.29, 1.82) is 0 Å².